The van der Waals surface area contributed by atoms with E-state index in [9.17, 15) is 9.59 Å². The van der Waals surface area contributed by atoms with Gasteiger partial charge in [0.1, 0.15) is 9.81 Å². The van der Waals surface area contributed by atoms with Crippen LogP contribution in [0, 0.1) is 0 Å². The second-order valence-corrected chi connectivity index (χ2v) is 5.63. The number of ether oxygens (including phenoxy) is 3. The largest absolute Gasteiger partial charge is 0.473 e. The van der Waals surface area contributed by atoms with Crippen LogP contribution in [0.4, 0.5) is 0 Å². The summed E-state index contributed by atoms with van der Waals surface area (Å²) in [5.41, 5.74) is 0.863. The molecule has 0 aromatic rings. The summed E-state index contributed by atoms with van der Waals surface area (Å²) in [5.74, 6) is -1.10. The Morgan fingerprint density at radius 3 is 1.89 bits per heavy atom. The lowest BCUT2D eigenvalue weighted by Crippen LogP contribution is -2.08. The van der Waals surface area contributed by atoms with E-state index >= 15 is 0 Å². The van der Waals surface area contributed by atoms with E-state index in [-0.39, 0.29) is 9.81 Å². The first-order valence-corrected chi connectivity index (χ1v) is 6.80. The fourth-order valence-corrected chi connectivity index (χ4v) is 3.81. The van der Waals surface area contributed by atoms with Gasteiger partial charge in [0.05, 0.1) is 31.0 Å². The minimum atomic E-state index is -0.548. The van der Waals surface area contributed by atoms with Crippen LogP contribution in [0.1, 0.15) is 0 Å². The number of methoxy groups -OCH3 is 2. The maximum absolute atomic E-state index is 11.7. The highest BCUT2D eigenvalue weighted by Gasteiger charge is 2.33. The Bertz CT molecular complexity index is 498. The van der Waals surface area contributed by atoms with Gasteiger partial charge in [-0.1, -0.05) is 23.5 Å². The molecular formula is C12H10O5S2. The topological polar surface area (TPSA) is 61.8 Å². The van der Waals surface area contributed by atoms with E-state index in [2.05, 4.69) is 9.47 Å². The summed E-state index contributed by atoms with van der Waals surface area (Å²) in [6, 6.07) is 0. The number of thioether (sulfide) groups is 2. The van der Waals surface area contributed by atoms with Gasteiger partial charge < -0.3 is 14.2 Å². The van der Waals surface area contributed by atoms with Crippen LogP contribution in [0.25, 0.3) is 0 Å². The van der Waals surface area contributed by atoms with Gasteiger partial charge in [0.25, 0.3) is 0 Å². The molecule has 2 heterocycles. The van der Waals surface area contributed by atoms with Crippen LogP contribution in [0.15, 0.2) is 44.3 Å². The molecular weight excluding hydrogens is 288 g/mol. The van der Waals surface area contributed by atoms with Gasteiger partial charge >= 0.3 is 11.9 Å². The summed E-state index contributed by atoms with van der Waals surface area (Å²) in [7, 11) is 2.55. The molecule has 0 saturated carbocycles. The molecule has 0 unspecified atom stereocenters. The van der Waals surface area contributed by atoms with Crippen LogP contribution in [0.5, 0.6) is 0 Å². The van der Waals surface area contributed by atoms with Crippen molar-refractivity contribution in [1.29, 1.82) is 0 Å². The smallest absolute Gasteiger partial charge is 0.346 e. The zero-order valence-electron chi connectivity index (χ0n) is 10.2. The summed E-state index contributed by atoms with van der Waals surface area (Å²) in [6.07, 6.45) is 6.56. The first kappa shape index (κ1) is 13.8. The zero-order valence-corrected chi connectivity index (χ0v) is 11.8. The SMILES string of the molecule is COC(=O)C1=C(C(=O)OC)SC(=C2C=COC=C2)S1. The highest BCUT2D eigenvalue weighted by Crippen LogP contribution is 2.51. The third kappa shape index (κ3) is 2.87. The third-order valence-corrected chi connectivity index (χ3v) is 4.85. The molecule has 0 fully saturated rings. The Kier molecular flexibility index (Phi) is 4.39. The molecule has 0 aromatic carbocycles. The molecule has 100 valence electrons. The minimum absolute atomic E-state index is 0.246. The lowest BCUT2D eigenvalue weighted by Gasteiger charge is -2.04. The van der Waals surface area contributed by atoms with Gasteiger partial charge in [0, 0.05) is 5.57 Å². The summed E-state index contributed by atoms with van der Waals surface area (Å²) in [5, 5.41) is 0. The van der Waals surface area contributed by atoms with Crippen molar-refractivity contribution in [3.8, 4) is 0 Å². The van der Waals surface area contributed by atoms with E-state index in [1.54, 1.807) is 12.2 Å². The van der Waals surface area contributed by atoms with Gasteiger partial charge in [0.2, 0.25) is 0 Å². The van der Waals surface area contributed by atoms with Crippen molar-refractivity contribution >= 4 is 35.5 Å². The van der Waals surface area contributed by atoms with Crippen LogP contribution in [-0.4, -0.2) is 26.2 Å². The number of carbonyl (C=O) groups is 2. The number of hydrogen-bond acceptors (Lipinski definition) is 7. The average Bonchev–Trinajstić information content (AvgIpc) is 2.91. The number of hydrogen-bond donors (Lipinski definition) is 0. The monoisotopic (exact) mass is 298 g/mol. The van der Waals surface area contributed by atoms with Gasteiger partial charge in [0.15, 0.2) is 0 Å². The molecule has 0 bridgehead atoms. The first-order valence-electron chi connectivity index (χ1n) is 5.16. The Morgan fingerprint density at radius 1 is 1.00 bits per heavy atom. The number of allylic oxidation sites excluding steroid dienone is 3. The Hall–Kier alpha value is -1.60. The Balaban J connectivity index is 2.34. The molecule has 19 heavy (non-hydrogen) atoms. The van der Waals surface area contributed by atoms with Crippen molar-refractivity contribution in [1.82, 2.24) is 0 Å². The fourth-order valence-electron chi connectivity index (χ4n) is 1.33. The molecule has 0 N–H and O–H groups in total. The molecule has 2 aliphatic heterocycles. The van der Waals surface area contributed by atoms with Crippen LogP contribution < -0.4 is 0 Å². The van der Waals surface area contributed by atoms with E-state index in [0.29, 0.717) is 0 Å². The minimum Gasteiger partial charge on any atom is -0.473 e. The molecule has 0 aliphatic carbocycles. The van der Waals surface area contributed by atoms with Crippen LogP contribution in [-0.2, 0) is 23.8 Å². The van der Waals surface area contributed by atoms with E-state index in [1.807, 2.05) is 0 Å². The molecule has 0 amide bonds. The molecule has 0 saturated heterocycles. The second-order valence-electron chi connectivity index (χ2n) is 3.33. The number of rotatable bonds is 2. The predicted octanol–water partition coefficient (Wildman–Crippen LogP) is 2.29. The summed E-state index contributed by atoms with van der Waals surface area (Å²) in [6.45, 7) is 0. The molecule has 0 radical (unpaired) electrons. The van der Waals surface area contributed by atoms with Gasteiger partial charge in [-0.05, 0) is 12.2 Å². The van der Waals surface area contributed by atoms with Crippen LogP contribution in [0.2, 0.25) is 0 Å². The number of esters is 2. The summed E-state index contributed by atoms with van der Waals surface area (Å²) < 4.78 is 15.1. The van der Waals surface area contributed by atoms with Crippen molar-refractivity contribution in [2.45, 2.75) is 0 Å². The second kappa shape index (κ2) is 6.03. The molecule has 0 spiro atoms. The molecule has 5 nitrogen and oxygen atoms in total. The van der Waals surface area contributed by atoms with Gasteiger partial charge in [-0.3, -0.25) is 0 Å². The van der Waals surface area contributed by atoms with E-state index in [4.69, 9.17) is 4.74 Å². The first-order chi connectivity index (χ1) is 9.17. The van der Waals surface area contributed by atoms with Gasteiger partial charge in [-0.15, -0.1) is 0 Å². The maximum atomic E-state index is 11.7. The zero-order chi connectivity index (χ0) is 13.8. The standard InChI is InChI=1S/C12H10O5S2/c1-15-10(13)8-9(11(14)16-2)19-12(18-8)7-3-5-17-6-4-7/h3-6H,1-2H3. The molecule has 7 heteroatoms. The van der Waals surface area contributed by atoms with E-state index < -0.39 is 11.9 Å². The maximum Gasteiger partial charge on any atom is 0.346 e. The summed E-state index contributed by atoms with van der Waals surface area (Å²) >= 11 is 2.38. The van der Waals surface area contributed by atoms with Gasteiger partial charge in [-0.25, -0.2) is 9.59 Å². The number of carbonyl (C=O) groups excluding carboxylic acids is 2. The van der Waals surface area contributed by atoms with Crippen molar-refractivity contribution in [2.75, 3.05) is 14.2 Å². The lowest BCUT2D eigenvalue weighted by atomic mass is 10.3. The highest BCUT2D eigenvalue weighted by atomic mass is 32.2. The summed E-state index contributed by atoms with van der Waals surface area (Å²) in [4.78, 5) is 23.8. The van der Waals surface area contributed by atoms with Crippen molar-refractivity contribution in [3.05, 3.63) is 44.3 Å². The van der Waals surface area contributed by atoms with Crippen LogP contribution >= 0.6 is 23.5 Å². The van der Waals surface area contributed by atoms with Crippen molar-refractivity contribution in [3.63, 3.8) is 0 Å². The normalized spacial score (nSPS) is 17.6. The quantitative estimate of drug-likeness (QED) is 0.725. The van der Waals surface area contributed by atoms with Crippen LogP contribution in [0.3, 0.4) is 0 Å². The van der Waals surface area contributed by atoms with E-state index in [0.717, 1.165) is 9.81 Å². The predicted molar refractivity (Wildman–Crippen MR) is 72.6 cm³/mol. The lowest BCUT2D eigenvalue weighted by molar-refractivity contribution is -0.138. The van der Waals surface area contributed by atoms with Crippen molar-refractivity contribution in [2.24, 2.45) is 0 Å². The van der Waals surface area contributed by atoms with Gasteiger partial charge in [-0.2, -0.15) is 0 Å². The van der Waals surface area contributed by atoms with E-state index in [1.165, 1.54) is 50.3 Å². The average molecular weight is 298 g/mol. The Morgan fingerprint density at radius 2 is 1.47 bits per heavy atom. The highest BCUT2D eigenvalue weighted by molar-refractivity contribution is 8.29. The molecule has 2 aliphatic rings. The Labute approximate surface area is 118 Å². The molecule has 0 aromatic heterocycles. The fraction of sp³-hybridized carbons (Fsp3) is 0.167. The van der Waals surface area contributed by atoms with Crippen molar-refractivity contribution < 1.29 is 23.8 Å². The third-order valence-electron chi connectivity index (χ3n) is 2.23. The molecule has 2 rings (SSSR count). The molecule has 0 atom stereocenters.